The maximum Gasteiger partial charge on any atom is 0.435 e. The summed E-state index contributed by atoms with van der Waals surface area (Å²) >= 11 is 0. The van der Waals surface area contributed by atoms with Crippen LogP contribution in [0.4, 0.5) is 13.2 Å². The third-order valence-corrected chi connectivity index (χ3v) is 3.21. The van der Waals surface area contributed by atoms with E-state index in [-0.39, 0.29) is 42.1 Å². The van der Waals surface area contributed by atoms with E-state index in [1.165, 1.54) is 13.2 Å². The predicted octanol–water partition coefficient (Wildman–Crippen LogP) is 2.77. The maximum absolute atomic E-state index is 12.8. The van der Waals surface area contributed by atoms with Gasteiger partial charge in [0.2, 0.25) is 0 Å². The second-order valence-corrected chi connectivity index (χ2v) is 5.28. The summed E-state index contributed by atoms with van der Waals surface area (Å²) in [4.78, 5) is 4.01. The maximum atomic E-state index is 12.8. The highest BCUT2D eigenvalue weighted by Gasteiger charge is 2.36. The van der Waals surface area contributed by atoms with Gasteiger partial charge < -0.3 is 10.6 Å². The van der Waals surface area contributed by atoms with E-state index >= 15 is 0 Å². The number of alkyl halides is 3. The Morgan fingerprint density at radius 2 is 1.95 bits per heavy atom. The molecule has 22 heavy (non-hydrogen) atoms. The quantitative estimate of drug-likeness (QED) is 0.437. The van der Waals surface area contributed by atoms with Gasteiger partial charge in [-0.2, -0.15) is 18.3 Å². The van der Waals surface area contributed by atoms with Gasteiger partial charge in [-0.05, 0) is 12.8 Å². The Bertz CT molecular complexity index is 496. The zero-order chi connectivity index (χ0) is 16.2. The van der Waals surface area contributed by atoms with Crippen molar-refractivity contribution in [1.82, 2.24) is 20.4 Å². The molecule has 1 heterocycles. The highest BCUT2D eigenvalue weighted by atomic mass is 127. The third-order valence-electron chi connectivity index (χ3n) is 3.21. The first-order valence-electron chi connectivity index (χ1n) is 6.72. The number of hydrogen-bond donors (Lipinski definition) is 2. The van der Waals surface area contributed by atoms with Crippen LogP contribution in [0.2, 0.25) is 0 Å². The first-order chi connectivity index (χ1) is 9.65. The highest BCUT2D eigenvalue weighted by Crippen LogP contribution is 2.30. The number of aryl methyl sites for hydroxylation is 1. The second-order valence-electron chi connectivity index (χ2n) is 5.28. The molecule has 0 bridgehead atoms. The molecule has 5 nitrogen and oxygen atoms in total. The summed E-state index contributed by atoms with van der Waals surface area (Å²) in [5, 5.41) is 9.48. The van der Waals surface area contributed by atoms with Crippen LogP contribution >= 0.6 is 24.0 Å². The Morgan fingerprint density at radius 3 is 2.41 bits per heavy atom. The molecular weight excluding hydrogens is 410 g/mol. The lowest BCUT2D eigenvalue weighted by Crippen LogP contribution is -2.44. The highest BCUT2D eigenvalue weighted by molar-refractivity contribution is 14.0. The molecule has 0 spiro atoms. The van der Waals surface area contributed by atoms with Crippen molar-refractivity contribution in [2.24, 2.45) is 18.0 Å². The van der Waals surface area contributed by atoms with Gasteiger partial charge in [0, 0.05) is 38.4 Å². The van der Waals surface area contributed by atoms with Gasteiger partial charge in [0.1, 0.15) is 0 Å². The van der Waals surface area contributed by atoms with Crippen LogP contribution < -0.4 is 10.6 Å². The van der Waals surface area contributed by atoms with E-state index in [0.29, 0.717) is 11.9 Å². The minimum Gasteiger partial charge on any atom is -0.354 e. The first kappa shape index (κ1) is 21.0. The summed E-state index contributed by atoms with van der Waals surface area (Å²) in [5.41, 5.74) is -0.782. The van der Waals surface area contributed by atoms with E-state index in [2.05, 4.69) is 20.7 Å². The third kappa shape index (κ3) is 6.01. The summed E-state index contributed by atoms with van der Waals surface area (Å²) in [6.07, 6.45) is -3.10. The smallest absolute Gasteiger partial charge is 0.354 e. The Kier molecular flexibility index (Phi) is 8.19. The normalized spacial score (nSPS) is 13.8. The van der Waals surface area contributed by atoms with E-state index in [0.717, 1.165) is 4.68 Å². The van der Waals surface area contributed by atoms with E-state index < -0.39 is 11.9 Å². The van der Waals surface area contributed by atoms with Crippen molar-refractivity contribution in [2.45, 2.75) is 39.5 Å². The molecule has 0 saturated heterocycles. The lowest BCUT2D eigenvalue weighted by atomic mass is 10.1. The van der Waals surface area contributed by atoms with Crippen LogP contribution in [-0.4, -0.2) is 28.8 Å². The van der Waals surface area contributed by atoms with Gasteiger partial charge in [0.05, 0.1) is 0 Å². The van der Waals surface area contributed by atoms with Crippen LogP contribution in [-0.2, 0) is 19.8 Å². The Labute approximate surface area is 145 Å². The first-order valence-corrected chi connectivity index (χ1v) is 6.72. The van der Waals surface area contributed by atoms with Crippen LogP contribution in [0, 0.1) is 5.92 Å². The largest absolute Gasteiger partial charge is 0.435 e. The number of hydrogen-bond acceptors (Lipinski definition) is 2. The van der Waals surface area contributed by atoms with Crippen molar-refractivity contribution < 1.29 is 13.2 Å². The Balaban J connectivity index is 0.00000441. The topological polar surface area (TPSA) is 54.2 Å². The summed E-state index contributed by atoms with van der Waals surface area (Å²) in [6.45, 7) is 6.09. The van der Waals surface area contributed by atoms with Gasteiger partial charge in [-0.3, -0.25) is 9.67 Å². The van der Waals surface area contributed by atoms with Crippen LogP contribution in [0.1, 0.15) is 32.0 Å². The zero-order valence-corrected chi connectivity index (χ0v) is 15.7. The van der Waals surface area contributed by atoms with Gasteiger partial charge in [-0.1, -0.05) is 13.8 Å². The molecule has 0 aliphatic carbocycles. The molecule has 0 amide bonds. The molecule has 0 aliphatic rings. The van der Waals surface area contributed by atoms with Crippen LogP contribution in [0.15, 0.2) is 11.2 Å². The molecule has 1 unspecified atom stereocenters. The molecule has 1 aromatic rings. The number of halogens is 4. The van der Waals surface area contributed by atoms with Gasteiger partial charge in [0.25, 0.3) is 0 Å². The van der Waals surface area contributed by atoms with Crippen molar-refractivity contribution in [1.29, 1.82) is 0 Å². The van der Waals surface area contributed by atoms with E-state index in [4.69, 9.17) is 0 Å². The fourth-order valence-electron chi connectivity index (χ4n) is 1.66. The zero-order valence-electron chi connectivity index (χ0n) is 13.3. The predicted molar refractivity (Wildman–Crippen MR) is 91.3 cm³/mol. The van der Waals surface area contributed by atoms with Gasteiger partial charge >= 0.3 is 6.18 Å². The molecule has 0 aromatic carbocycles. The number of nitrogens with one attached hydrogen (secondary N) is 2. The lowest BCUT2D eigenvalue weighted by Gasteiger charge is -2.20. The summed E-state index contributed by atoms with van der Waals surface area (Å²) < 4.78 is 39.7. The molecule has 0 fully saturated rings. The van der Waals surface area contributed by atoms with Crippen LogP contribution in [0.25, 0.3) is 0 Å². The fraction of sp³-hybridized carbons (Fsp3) is 0.692. The average molecular weight is 433 g/mol. The molecule has 1 rings (SSSR count). The Hall–Kier alpha value is -1.00. The molecule has 0 aliphatic heterocycles. The molecular formula is C13H23F3IN5. The molecule has 1 atom stereocenters. The fourth-order valence-corrected chi connectivity index (χ4v) is 1.66. The van der Waals surface area contributed by atoms with E-state index in [9.17, 15) is 13.2 Å². The summed E-state index contributed by atoms with van der Waals surface area (Å²) in [6, 6.07) is 0.159. The van der Waals surface area contributed by atoms with E-state index in [1.54, 1.807) is 7.05 Å². The monoisotopic (exact) mass is 433 g/mol. The van der Waals surface area contributed by atoms with E-state index in [1.807, 2.05) is 20.8 Å². The van der Waals surface area contributed by atoms with Crippen molar-refractivity contribution in [3.63, 3.8) is 0 Å². The Morgan fingerprint density at radius 1 is 1.36 bits per heavy atom. The molecule has 0 saturated carbocycles. The second kappa shape index (κ2) is 8.59. The van der Waals surface area contributed by atoms with Gasteiger partial charge in [0.15, 0.2) is 11.7 Å². The van der Waals surface area contributed by atoms with Crippen LogP contribution in [0.5, 0.6) is 0 Å². The average Bonchev–Trinajstić information content (AvgIpc) is 2.75. The number of guanidine groups is 1. The molecule has 2 N–H and O–H groups in total. The number of rotatable bonds is 4. The number of aromatic nitrogens is 2. The summed E-state index contributed by atoms with van der Waals surface area (Å²) in [5.74, 6) is 0.848. The van der Waals surface area contributed by atoms with Crippen molar-refractivity contribution in [3.05, 3.63) is 17.5 Å². The standard InChI is InChI=1S/C13H22F3N5.HI/c1-8(2)9(3)19-12(17-4)18-6-10-7-21(5)20-11(10)13(14,15)16;/h7-9H,6H2,1-5H3,(H2,17,18,19);1H. The minimum atomic E-state index is -4.46. The van der Waals surface area contributed by atoms with Crippen LogP contribution in [0.3, 0.4) is 0 Å². The van der Waals surface area contributed by atoms with Crippen molar-refractivity contribution in [2.75, 3.05) is 7.05 Å². The molecule has 128 valence electrons. The number of aliphatic imine (C=N–C) groups is 1. The molecule has 9 heteroatoms. The molecule has 1 aromatic heterocycles. The number of nitrogens with zero attached hydrogens (tertiary/aromatic N) is 3. The lowest BCUT2D eigenvalue weighted by molar-refractivity contribution is -0.142. The van der Waals surface area contributed by atoms with Crippen molar-refractivity contribution in [3.8, 4) is 0 Å². The van der Waals surface area contributed by atoms with Crippen molar-refractivity contribution >= 4 is 29.9 Å². The van der Waals surface area contributed by atoms with Gasteiger partial charge in [-0.15, -0.1) is 24.0 Å². The van der Waals surface area contributed by atoms with Gasteiger partial charge in [-0.25, -0.2) is 0 Å². The SMILES string of the molecule is CN=C(NCc1cn(C)nc1C(F)(F)F)NC(C)C(C)C.I. The molecule has 0 radical (unpaired) electrons. The minimum absolute atomic E-state index is 0. The summed E-state index contributed by atoms with van der Waals surface area (Å²) in [7, 11) is 3.04.